The van der Waals surface area contributed by atoms with Gasteiger partial charge in [0.05, 0.1) is 18.2 Å². The highest BCUT2D eigenvalue weighted by atomic mass is 35.5. The van der Waals surface area contributed by atoms with E-state index in [0.29, 0.717) is 4.88 Å². The summed E-state index contributed by atoms with van der Waals surface area (Å²) in [7, 11) is 0. The van der Waals surface area contributed by atoms with Gasteiger partial charge in [0, 0.05) is 4.88 Å². The van der Waals surface area contributed by atoms with Gasteiger partial charge in [-0.2, -0.15) is 0 Å². The third kappa shape index (κ3) is 3.58. The molecule has 0 radical (unpaired) electrons. The molecule has 0 aliphatic heterocycles. The van der Waals surface area contributed by atoms with Gasteiger partial charge in [-0.25, -0.2) is 9.59 Å². The molecule has 0 saturated heterocycles. The van der Waals surface area contributed by atoms with Gasteiger partial charge in [-0.05, 0) is 25.3 Å². The van der Waals surface area contributed by atoms with Crippen LogP contribution in [0.5, 0.6) is 0 Å². The van der Waals surface area contributed by atoms with Crippen LogP contribution in [0.1, 0.15) is 18.7 Å². The summed E-state index contributed by atoms with van der Waals surface area (Å²) in [5.74, 6) is -1.54. The Bertz CT molecular complexity index is 431. The molecule has 0 aromatic carbocycles. The van der Waals surface area contributed by atoms with Gasteiger partial charge >= 0.3 is 11.9 Å². The van der Waals surface area contributed by atoms with Crippen molar-refractivity contribution in [3.05, 3.63) is 28.0 Å². The monoisotopic (exact) mass is 288 g/mol. The van der Waals surface area contributed by atoms with Crippen LogP contribution in [0.25, 0.3) is 5.03 Å². The second-order valence-corrected chi connectivity index (χ2v) is 4.43. The summed E-state index contributed by atoms with van der Waals surface area (Å²) in [5, 5.41) is 1.85. The minimum absolute atomic E-state index is 0.0573. The van der Waals surface area contributed by atoms with Gasteiger partial charge in [0.25, 0.3) is 0 Å². The minimum atomic E-state index is -0.769. The van der Waals surface area contributed by atoms with Crippen molar-refractivity contribution in [1.82, 2.24) is 0 Å². The second-order valence-electron chi connectivity index (χ2n) is 3.11. The average Bonchev–Trinajstić information content (AvgIpc) is 2.83. The number of halogens is 1. The van der Waals surface area contributed by atoms with Crippen molar-refractivity contribution in [3.8, 4) is 0 Å². The molecule has 4 nitrogen and oxygen atoms in total. The predicted molar refractivity (Wildman–Crippen MR) is 70.4 cm³/mol. The van der Waals surface area contributed by atoms with Crippen molar-refractivity contribution in [3.63, 3.8) is 0 Å². The van der Waals surface area contributed by atoms with Crippen molar-refractivity contribution in [1.29, 1.82) is 0 Å². The molecule has 0 bridgehead atoms. The maximum Gasteiger partial charge on any atom is 0.347 e. The summed E-state index contributed by atoms with van der Waals surface area (Å²) in [6, 6.07) is 3.49. The molecule has 0 spiro atoms. The van der Waals surface area contributed by atoms with Crippen molar-refractivity contribution in [2.24, 2.45) is 0 Å². The Kier molecular flexibility index (Phi) is 5.88. The Morgan fingerprint density at radius 2 is 1.78 bits per heavy atom. The Morgan fingerprint density at radius 1 is 1.22 bits per heavy atom. The molecule has 98 valence electrons. The first-order valence-electron chi connectivity index (χ1n) is 5.39. The molecule has 1 aromatic heterocycles. The van der Waals surface area contributed by atoms with Crippen LogP contribution in [0.4, 0.5) is 0 Å². The molecule has 0 aliphatic rings. The molecule has 1 heterocycles. The number of ether oxygens (including phenoxy) is 2. The van der Waals surface area contributed by atoms with Gasteiger partial charge < -0.3 is 9.47 Å². The molecule has 0 aliphatic carbocycles. The fourth-order valence-electron chi connectivity index (χ4n) is 1.20. The molecule has 0 atom stereocenters. The lowest BCUT2D eigenvalue weighted by Crippen LogP contribution is -2.19. The molecular formula is C12H13ClO4S. The van der Waals surface area contributed by atoms with E-state index in [-0.39, 0.29) is 23.8 Å². The summed E-state index contributed by atoms with van der Waals surface area (Å²) in [6.07, 6.45) is 0. The summed E-state index contributed by atoms with van der Waals surface area (Å²) in [6.45, 7) is 3.63. The number of hydrogen-bond acceptors (Lipinski definition) is 5. The van der Waals surface area contributed by atoms with Gasteiger partial charge in [-0.1, -0.05) is 17.7 Å². The maximum atomic E-state index is 11.7. The van der Waals surface area contributed by atoms with E-state index in [4.69, 9.17) is 21.1 Å². The molecule has 0 fully saturated rings. The molecule has 0 N–H and O–H groups in total. The summed E-state index contributed by atoms with van der Waals surface area (Å²) in [5.41, 5.74) is -0.261. The smallest absolute Gasteiger partial charge is 0.347 e. The van der Waals surface area contributed by atoms with E-state index < -0.39 is 11.9 Å². The van der Waals surface area contributed by atoms with Crippen molar-refractivity contribution < 1.29 is 19.1 Å². The summed E-state index contributed by atoms with van der Waals surface area (Å²) >= 11 is 7.39. The van der Waals surface area contributed by atoms with Crippen LogP contribution in [0.15, 0.2) is 23.1 Å². The van der Waals surface area contributed by atoms with Crippen LogP contribution in [-0.2, 0) is 19.1 Å². The number of carbonyl (C=O) groups is 2. The fourth-order valence-corrected chi connectivity index (χ4v) is 2.21. The Labute approximate surface area is 114 Å². The summed E-state index contributed by atoms with van der Waals surface area (Å²) in [4.78, 5) is 24.1. The van der Waals surface area contributed by atoms with Gasteiger partial charge in [0.2, 0.25) is 0 Å². The number of rotatable bonds is 5. The molecule has 6 heteroatoms. The number of hydrogen-bond donors (Lipinski definition) is 0. The van der Waals surface area contributed by atoms with Gasteiger partial charge in [0.15, 0.2) is 5.57 Å². The molecule has 18 heavy (non-hydrogen) atoms. The summed E-state index contributed by atoms with van der Waals surface area (Å²) < 4.78 is 9.63. The zero-order valence-corrected chi connectivity index (χ0v) is 11.6. The van der Waals surface area contributed by atoms with Crippen molar-refractivity contribution in [2.75, 3.05) is 13.2 Å². The Hall–Kier alpha value is -1.33. The maximum absolute atomic E-state index is 11.7. The zero-order valence-electron chi connectivity index (χ0n) is 10.1. The van der Waals surface area contributed by atoms with Gasteiger partial charge in [-0.15, -0.1) is 11.3 Å². The first kappa shape index (κ1) is 14.7. The van der Waals surface area contributed by atoms with Crippen LogP contribution >= 0.6 is 22.9 Å². The van der Waals surface area contributed by atoms with Gasteiger partial charge in [-0.3, -0.25) is 0 Å². The second kappa shape index (κ2) is 7.18. The Balaban J connectivity index is 3.14. The number of carbonyl (C=O) groups excluding carboxylic acids is 2. The zero-order chi connectivity index (χ0) is 13.5. The largest absolute Gasteiger partial charge is 0.462 e. The van der Waals surface area contributed by atoms with E-state index in [9.17, 15) is 9.59 Å². The van der Waals surface area contributed by atoms with E-state index in [1.807, 2.05) is 0 Å². The average molecular weight is 289 g/mol. The number of esters is 2. The standard InChI is InChI=1S/C12H13ClO4S/c1-3-16-11(14)9(12(15)17-4-2)10(13)8-6-5-7-18-8/h5-7H,3-4H2,1-2H3. The lowest BCUT2D eigenvalue weighted by Gasteiger charge is -2.08. The first-order chi connectivity index (χ1) is 8.61. The van der Waals surface area contributed by atoms with Crippen LogP contribution in [0, 0.1) is 0 Å². The molecular weight excluding hydrogens is 276 g/mol. The lowest BCUT2D eigenvalue weighted by molar-refractivity contribution is -0.146. The first-order valence-corrected chi connectivity index (χ1v) is 6.65. The lowest BCUT2D eigenvalue weighted by atomic mass is 10.2. The highest BCUT2D eigenvalue weighted by molar-refractivity contribution is 7.12. The SMILES string of the molecule is CCOC(=O)C(C(=O)OCC)=C(Cl)c1cccs1. The quantitative estimate of drug-likeness (QED) is 0.362. The van der Waals surface area contributed by atoms with Crippen LogP contribution in [0.3, 0.4) is 0 Å². The van der Waals surface area contributed by atoms with E-state index in [1.54, 1.807) is 31.4 Å². The van der Waals surface area contributed by atoms with E-state index in [2.05, 4.69) is 0 Å². The predicted octanol–water partition coefficient (Wildman–Crippen LogP) is 2.82. The topological polar surface area (TPSA) is 52.6 Å². The van der Waals surface area contributed by atoms with Crippen LogP contribution in [-0.4, -0.2) is 25.2 Å². The third-order valence-electron chi connectivity index (χ3n) is 1.92. The third-order valence-corrected chi connectivity index (χ3v) is 3.31. The molecule has 1 aromatic rings. The van der Waals surface area contributed by atoms with Crippen LogP contribution < -0.4 is 0 Å². The molecule has 0 amide bonds. The highest BCUT2D eigenvalue weighted by Gasteiger charge is 2.26. The number of thiophene rings is 1. The van der Waals surface area contributed by atoms with Crippen molar-refractivity contribution in [2.45, 2.75) is 13.8 Å². The molecule has 1 rings (SSSR count). The molecule has 0 saturated carbocycles. The highest BCUT2D eigenvalue weighted by Crippen LogP contribution is 2.28. The minimum Gasteiger partial charge on any atom is -0.462 e. The van der Waals surface area contributed by atoms with E-state index in [0.717, 1.165) is 0 Å². The molecule has 0 unspecified atom stereocenters. The van der Waals surface area contributed by atoms with Gasteiger partial charge in [0.1, 0.15) is 0 Å². The van der Waals surface area contributed by atoms with E-state index >= 15 is 0 Å². The fraction of sp³-hybridized carbons (Fsp3) is 0.333. The normalized spacial score (nSPS) is 9.72. The van der Waals surface area contributed by atoms with Crippen molar-refractivity contribution >= 4 is 39.9 Å². The van der Waals surface area contributed by atoms with Crippen LogP contribution in [0.2, 0.25) is 0 Å². The Morgan fingerprint density at radius 3 is 2.17 bits per heavy atom. The van der Waals surface area contributed by atoms with E-state index in [1.165, 1.54) is 11.3 Å².